The Morgan fingerprint density at radius 2 is 2.29 bits per heavy atom. The average molecular weight is 280 g/mol. The van der Waals surface area contributed by atoms with Crippen molar-refractivity contribution in [1.29, 1.82) is 0 Å². The summed E-state index contributed by atoms with van der Waals surface area (Å²) in [6.45, 7) is 0. The molecule has 2 rings (SSSR count). The highest BCUT2D eigenvalue weighted by Gasteiger charge is 2.27. The van der Waals surface area contributed by atoms with E-state index in [1.807, 2.05) is 0 Å². The molecule has 0 atom stereocenters. The zero-order valence-electron chi connectivity index (χ0n) is 7.30. The molecule has 1 aliphatic rings. The topological polar surface area (TPSA) is 24.9 Å². The van der Waals surface area contributed by atoms with Crippen LogP contribution in [-0.4, -0.2) is 16.4 Å². The molecule has 1 heterocycles. The maximum Gasteiger partial charge on any atom is 0.166 e. The number of nitrogens with one attached hydrogen (secondary N) is 1. The Balaban J connectivity index is 2.02. The molecule has 0 radical (unpaired) electrons. The van der Waals surface area contributed by atoms with Gasteiger partial charge in [0, 0.05) is 22.1 Å². The molecule has 1 aromatic heterocycles. The van der Waals surface area contributed by atoms with Gasteiger partial charge < -0.3 is 5.32 Å². The maximum atomic E-state index is 13.3. The van der Waals surface area contributed by atoms with Gasteiger partial charge in [-0.05, 0) is 34.8 Å². The third kappa shape index (κ3) is 2.17. The summed E-state index contributed by atoms with van der Waals surface area (Å²) in [5.41, 5.74) is 0. The second-order valence-corrected chi connectivity index (χ2v) is 4.93. The van der Waals surface area contributed by atoms with Crippen LogP contribution < -0.4 is 5.32 Å². The van der Waals surface area contributed by atoms with Crippen molar-refractivity contribution in [3.8, 4) is 0 Å². The van der Waals surface area contributed by atoms with E-state index in [9.17, 15) is 4.39 Å². The van der Waals surface area contributed by atoms with E-state index in [2.05, 4.69) is 26.2 Å². The van der Waals surface area contributed by atoms with Crippen molar-refractivity contribution in [3.63, 3.8) is 0 Å². The molecule has 76 valence electrons. The minimum absolute atomic E-state index is 0.228. The molecule has 1 fully saturated rings. The first kappa shape index (κ1) is 10.2. The lowest BCUT2D eigenvalue weighted by Crippen LogP contribution is -2.36. The van der Waals surface area contributed by atoms with Crippen LogP contribution in [0, 0.1) is 5.82 Å². The van der Waals surface area contributed by atoms with Crippen LogP contribution in [-0.2, 0) is 0 Å². The fourth-order valence-electron chi connectivity index (χ4n) is 1.38. The lowest BCUT2D eigenvalue weighted by molar-refractivity contribution is 0.450. The summed E-state index contributed by atoms with van der Waals surface area (Å²) in [7, 11) is 0. The van der Waals surface area contributed by atoms with E-state index >= 15 is 0 Å². The number of aromatic nitrogens is 1. The van der Waals surface area contributed by atoms with Gasteiger partial charge in [0.15, 0.2) is 11.6 Å². The predicted octanol–water partition coefficient (Wildman–Crippen LogP) is 3.16. The normalized spacial score (nSPS) is 25.6. The average Bonchev–Trinajstić information content (AvgIpc) is 2.06. The van der Waals surface area contributed by atoms with Gasteiger partial charge in [0.2, 0.25) is 0 Å². The standard InChI is InChI=1S/C9H9BrClFN2/c10-5-1-8(12)9(13-4-5)14-7-2-6(11)3-7/h1,4,6-7H,2-3H2,(H,13,14). The lowest BCUT2D eigenvalue weighted by Gasteiger charge is -2.31. The quantitative estimate of drug-likeness (QED) is 0.841. The molecule has 0 unspecified atom stereocenters. The summed E-state index contributed by atoms with van der Waals surface area (Å²) in [6, 6.07) is 1.66. The molecule has 0 bridgehead atoms. The van der Waals surface area contributed by atoms with E-state index in [1.165, 1.54) is 6.07 Å². The molecule has 0 aliphatic heterocycles. The lowest BCUT2D eigenvalue weighted by atomic mass is 9.92. The van der Waals surface area contributed by atoms with E-state index in [0.29, 0.717) is 10.3 Å². The second-order valence-electron chi connectivity index (χ2n) is 3.39. The highest BCUT2D eigenvalue weighted by atomic mass is 79.9. The summed E-state index contributed by atoms with van der Waals surface area (Å²) in [5.74, 6) is -0.0286. The fraction of sp³-hybridized carbons (Fsp3) is 0.444. The summed E-state index contributed by atoms with van der Waals surface area (Å²) >= 11 is 8.97. The van der Waals surface area contributed by atoms with Crippen molar-refractivity contribution in [2.45, 2.75) is 24.3 Å². The van der Waals surface area contributed by atoms with Crippen molar-refractivity contribution in [2.24, 2.45) is 0 Å². The molecule has 0 amide bonds. The highest BCUT2D eigenvalue weighted by Crippen LogP contribution is 2.28. The first-order valence-electron chi connectivity index (χ1n) is 4.37. The van der Waals surface area contributed by atoms with E-state index in [4.69, 9.17) is 11.6 Å². The summed E-state index contributed by atoms with van der Waals surface area (Å²) in [4.78, 5) is 3.95. The Hall–Kier alpha value is -0.350. The van der Waals surface area contributed by atoms with Gasteiger partial charge in [0.25, 0.3) is 0 Å². The number of nitrogens with zero attached hydrogens (tertiary/aromatic N) is 1. The highest BCUT2D eigenvalue weighted by molar-refractivity contribution is 9.10. The first-order chi connectivity index (χ1) is 6.65. The van der Waals surface area contributed by atoms with Gasteiger partial charge in [-0.3, -0.25) is 0 Å². The van der Waals surface area contributed by atoms with Gasteiger partial charge in [-0.15, -0.1) is 11.6 Å². The molecule has 2 nitrogen and oxygen atoms in total. The molecule has 5 heteroatoms. The van der Waals surface area contributed by atoms with Crippen LogP contribution in [0.1, 0.15) is 12.8 Å². The Morgan fingerprint density at radius 3 is 2.86 bits per heavy atom. The van der Waals surface area contributed by atoms with Gasteiger partial charge in [-0.1, -0.05) is 0 Å². The molecule has 1 saturated carbocycles. The van der Waals surface area contributed by atoms with Crippen molar-refractivity contribution < 1.29 is 4.39 Å². The van der Waals surface area contributed by atoms with Crippen molar-refractivity contribution >= 4 is 33.3 Å². The van der Waals surface area contributed by atoms with Crippen molar-refractivity contribution in [1.82, 2.24) is 4.98 Å². The van der Waals surface area contributed by atoms with Gasteiger partial charge in [0.05, 0.1) is 0 Å². The van der Waals surface area contributed by atoms with E-state index in [-0.39, 0.29) is 17.2 Å². The Bertz CT molecular complexity index is 342. The fourth-order valence-corrected chi connectivity index (χ4v) is 2.11. The number of hydrogen-bond donors (Lipinski definition) is 1. The number of hydrogen-bond acceptors (Lipinski definition) is 2. The van der Waals surface area contributed by atoms with Crippen molar-refractivity contribution in [2.75, 3.05) is 5.32 Å². The monoisotopic (exact) mass is 278 g/mol. The van der Waals surface area contributed by atoms with E-state index < -0.39 is 0 Å². The van der Waals surface area contributed by atoms with Gasteiger partial charge in [0.1, 0.15) is 0 Å². The maximum absolute atomic E-state index is 13.3. The SMILES string of the molecule is Fc1cc(Br)cnc1NC1CC(Cl)C1. The van der Waals surface area contributed by atoms with E-state index in [1.54, 1.807) is 6.20 Å². The molecule has 1 aromatic rings. The third-order valence-corrected chi connectivity index (χ3v) is 3.02. The van der Waals surface area contributed by atoms with Crippen LogP contribution in [0.15, 0.2) is 16.7 Å². The van der Waals surface area contributed by atoms with E-state index in [0.717, 1.165) is 12.8 Å². The number of anilines is 1. The van der Waals surface area contributed by atoms with Gasteiger partial charge in [-0.2, -0.15) is 0 Å². The van der Waals surface area contributed by atoms with Crippen LogP contribution in [0.2, 0.25) is 0 Å². The van der Waals surface area contributed by atoms with Crippen molar-refractivity contribution in [3.05, 3.63) is 22.6 Å². The molecule has 0 aromatic carbocycles. The second kappa shape index (κ2) is 4.03. The van der Waals surface area contributed by atoms with Crippen LogP contribution in [0.25, 0.3) is 0 Å². The number of rotatable bonds is 2. The number of alkyl halides is 1. The Morgan fingerprint density at radius 1 is 1.57 bits per heavy atom. The molecule has 0 saturated heterocycles. The third-order valence-electron chi connectivity index (χ3n) is 2.23. The summed E-state index contributed by atoms with van der Waals surface area (Å²) < 4.78 is 13.9. The molecular formula is C9H9BrClFN2. The largest absolute Gasteiger partial charge is 0.365 e. The Kier molecular flexibility index (Phi) is 2.93. The van der Waals surface area contributed by atoms with Crippen LogP contribution in [0.3, 0.4) is 0 Å². The molecular weight excluding hydrogens is 270 g/mol. The zero-order valence-corrected chi connectivity index (χ0v) is 9.65. The smallest absolute Gasteiger partial charge is 0.166 e. The minimum atomic E-state index is -0.336. The van der Waals surface area contributed by atoms with Gasteiger partial charge >= 0.3 is 0 Å². The molecule has 0 spiro atoms. The number of halogens is 3. The van der Waals surface area contributed by atoms with Gasteiger partial charge in [-0.25, -0.2) is 9.37 Å². The zero-order chi connectivity index (χ0) is 10.1. The van der Waals surface area contributed by atoms with Crippen LogP contribution >= 0.6 is 27.5 Å². The predicted molar refractivity (Wildman–Crippen MR) is 58.2 cm³/mol. The first-order valence-corrected chi connectivity index (χ1v) is 5.60. The summed E-state index contributed by atoms with van der Waals surface area (Å²) in [5, 5.41) is 3.24. The van der Waals surface area contributed by atoms with Crippen LogP contribution in [0.5, 0.6) is 0 Å². The minimum Gasteiger partial charge on any atom is -0.365 e. The summed E-state index contributed by atoms with van der Waals surface area (Å²) in [6.07, 6.45) is 3.32. The Labute approximate surface area is 95.0 Å². The number of pyridine rings is 1. The molecule has 14 heavy (non-hydrogen) atoms. The molecule has 1 N–H and O–H groups in total. The molecule has 1 aliphatic carbocycles. The van der Waals surface area contributed by atoms with Crippen LogP contribution in [0.4, 0.5) is 10.2 Å².